The smallest absolute Gasteiger partial charge is 0.231 e. The van der Waals surface area contributed by atoms with Crippen molar-refractivity contribution in [2.75, 3.05) is 10.6 Å². The molecule has 5 nitrogen and oxygen atoms in total. The van der Waals surface area contributed by atoms with Gasteiger partial charge in [0.1, 0.15) is 5.82 Å². The van der Waals surface area contributed by atoms with E-state index >= 15 is 0 Å². The predicted molar refractivity (Wildman–Crippen MR) is 83.2 cm³/mol. The van der Waals surface area contributed by atoms with Gasteiger partial charge in [-0.25, -0.2) is 14.4 Å². The van der Waals surface area contributed by atoms with Gasteiger partial charge in [0.15, 0.2) is 0 Å². The Morgan fingerprint density at radius 1 is 1.41 bits per heavy atom. The number of amides is 1. The number of nitrogens with zero attached hydrogens (tertiary/aromatic N) is 3. The number of hydrogen-bond acceptors (Lipinski definition) is 4. The fourth-order valence-corrected chi connectivity index (χ4v) is 2.87. The Morgan fingerprint density at radius 2 is 2.14 bits per heavy atom. The Morgan fingerprint density at radius 3 is 2.82 bits per heavy atom. The van der Waals surface area contributed by atoms with Gasteiger partial charge in [0.25, 0.3) is 0 Å². The van der Waals surface area contributed by atoms with Crippen LogP contribution < -0.4 is 10.6 Å². The molecular formula is C15H14ClFN4O. The summed E-state index contributed by atoms with van der Waals surface area (Å²) < 4.78 is 14.4. The number of nitrogens with two attached hydrogens (primary N) is 1. The lowest BCUT2D eigenvalue weighted by molar-refractivity contribution is -0.117. The van der Waals surface area contributed by atoms with Crippen molar-refractivity contribution in [2.24, 2.45) is 0 Å². The average molecular weight is 321 g/mol. The molecule has 0 unspecified atom stereocenters. The van der Waals surface area contributed by atoms with Crippen molar-refractivity contribution in [1.29, 1.82) is 0 Å². The second-order valence-corrected chi connectivity index (χ2v) is 5.82. The summed E-state index contributed by atoms with van der Waals surface area (Å²) in [6, 6.07) is 2.98. The molecule has 1 aliphatic heterocycles. The number of hydrogen-bond donors (Lipinski definition) is 1. The summed E-state index contributed by atoms with van der Waals surface area (Å²) in [6.45, 7) is 3.76. The second-order valence-electron chi connectivity index (χ2n) is 5.41. The molecule has 2 N–H and O–H groups in total. The van der Waals surface area contributed by atoms with E-state index in [1.165, 1.54) is 12.3 Å². The maximum Gasteiger partial charge on any atom is 0.231 e. The summed E-state index contributed by atoms with van der Waals surface area (Å²) in [7, 11) is 0. The highest BCUT2D eigenvalue weighted by atomic mass is 35.5. The molecule has 2 aromatic rings. The highest BCUT2D eigenvalue weighted by Gasteiger charge is 2.32. The molecule has 0 radical (unpaired) electrons. The molecule has 1 amide bonds. The van der Waals surface area contributed by atoms with Crippen molar-refractivity contribution in [3.8, 4) is 11.3 Å². The number of fused-ring (bicyclic) bond motifs is 1. The number of rotatable bonds is 2. The van der Waals surface area contributed by atoms with E-state index < -0.39 is 5.82 Å². The van der Waals surface area contributed by atoms with Gasteiger partial charge >= 0.3 is 0 Å². The minimum atomic E-state index is -0.447. The molecule has 1 aliphatic rings. The van der Waals surface area contributed by atoms with Gasteiger partial charge in [-0.3, -0.25) is 4.79 Å². The van der Waals surface area contributed by atoms with E-state index in [0.717, 1.165) is 0 Å². The zero-order valence-electron chi connectivity index (χ0n) is 12.1. The van der Waals surface area contributed by atoms with Gasteiger partial charge in [-0.1, -0.05) is 11.6 Å². The van der Waals surface area contributed by atoms with Crippen LogP contribution in [0.5, 0.6) is 0 Å². The Labute approximate surface area is 131 Å². The van der Waals surface area contributed by atoms with Crippen LogP contribution in [0.25, 0.3) is 11.3 Å². The topological polar surface area (TPSA) is 72.1 Å². The van der Waals surface area contributed by atoms with E-state index in [-0.39, 0.29) is 29.3 Å². The van der Waals surface area contributed by atoms with E-state index in [2.05, 4.69) is 9.97 Å². The molecule has 3 rings (SSSR count). The zero-order valence-corrected chi connectivity index (χ0v) is 12.9. The molecule has 22 heavy (non-hydrogen) atoms. The summed E-state index contributed by atoms with van der Waals surface area (Å²) in [5.74, 6) is -0.510. The quantitative estimate of drug-likeness (QED) is 0.923. The third-order valence-corrected chi connectivity index (χ3v) is 3.86. The fraction of sp³-hybridized carbons (Fsp3) is 0.267. The van der Waals surface area contributed by atoms with Crippen LogP contribution in [0.4, 0.5) is 16.0 Å². The van der Waals surface area contributed by atoms with E-state index in [1.807, 2.05) is 13.8 Å². The fourth-order valence-electron chi connectivity index (χ4n) is 2.67. The van der Waals surface area contributed by atoms with Gasteiger partial charge in [0, 0.05) is 17.2 Å². The largest absolute Gasteiger partial charge is 0.368 e. The van der Waals surface area contributed by atoms with Gasteiger partial charge in [-0.05, 0) is 26.0 Å². The molecule has 0 saturated heterocycles. The molecule has 0 bridgehead atoms. The van der Waals surface area contributed by atoms with E-state index in [1.54, 1.807) is 11.0 Å². The number of carbonyl (C=O) groups is 1. The third kappa shape index (κ3) is 2.29. The SMILES string of the molecule is CC(C)N1C(=O)Cc2c(F)cc(-c3nc(N)ncc3Cl)cc21. The monoisotopic (exact) mass is 320 g/mol. The lowest BCUT2D eigenvalue weighted by Crippen LogP contribution is -2.33. The Balaban J connectivity index is 2.19. The first-order valence-electron chi connectivity index (χ1n) is 6.81. The normalized spacial score (nSPS) is 13.9. The number of anilines is 2. The van der Waals surface area contributed by atoms with Crippen molar-refractivity contribution in [1.82, 2.24) is 9.97 Å². The van der Waals surface area contributed by atoms with Crippen molar-refractivity contribution in [3.63, 3.8) is 0 Å². The lowest BCUT2D eigenvalue weighted by atomic mass is 10.1. The van der Waals surface area contributed by atoms with Crippen LogP contribution in [0.2, 0.25) is 5.02 Å². The maximum absolute atomic E-state index is 14.4. The summed E-state index contributed by atoms with van der Waals surface area (Å²) in [4.78, 5) is 21.5. The lowest BCUT2D eigenvalue weighted by Gasteiger charge is -2.22. The Kier molecular flexibility index (Phi) is 3.48. The molecular weight excluding hydrogens is 307 g/mol. The first-order valence-corrected chi connectivity index (χ1v) is 7.19. The molecule has 1 aromatic carbocycles. The number of carbonyl (C=O) groups excluding carboxylic acids is 1. The minimum absolute atomic E-state index is 0.0529. The molecule has 114 valence electrons. The molecule has 0 atom stereocenters. The van der Waals surface area contributed by atoms with E-state index in [0.29, 0.717) is 22.5 Å². The highest BCUT2D eigenvalue weighted by molar-refractivity contribution is 6.33. The Hall–Kier alpha value is -2.21. The number of aromatic nitrogens is 2. The third-order valence-electron chi connectivity index (χ3n) is 3.58. The average Bonchev–Trinajstić information content (AvgIpc) is 2.78. The maximum atomic E-state index is 14.4. The zero-order chi connectivity index (χ0) is 16.0. The molecule has 7 heteroatoms. The second kappa shape index (κ2) is 5.21. The van der Waals surface area contributed by atoms with Gasteiger partial charge in [0.2, 0.25) is 11.9 Å². The number of benzene rings is 1. The highest BCUT2D eigenvalue weighted by Crippen LogP contribution is 2.37. The van der Waals surface area contributed by atoms with Crippen molar-refractivity contribution in [2.45, 2.75) is 26.3 Å². The Bertz CT molecular complexity index is 778. The summed E-state index contributed by atoms with van der Waals surface area (Å²) in [6.07, 6.45) is 1.44. The van der Waals surface area contributed by atoms with Gasteiger partial charge in [-0.15, -0.1) is 0 Å². The first kappa shape index (κ1) is 14.7. The molecule has 0 spiro atoms. The number of nitrogen functional groups attached to an aromatic ring is 1. The van der Waals surface area contributed by atoms with E-state index in [9.17, 15) is 9.18 Å². The van der Waals surface area contributed by atoms with Crippen LogP contribution in [0.1, 0.15) is 19.4 Å². The standard InChI is InChI=1S/C15H14ClFN4O/c1-7(2)21-12-4-8(3-11(17)9(12)5-13(21)22)14-10(16)6-19-15(18)20-14/h3-4,6-7H,5H2,1-2H3,(H2,18,19,20). The molecule has 0 fully saturated rings. The van der Waals surface area contributed by atoms with Crippen molar-refractivity contribution < 1.29 is 9.18 Å². The van der Waals surface area contributed by atoms with Gasteiger partial charge in [0.05, 0.1) is 29.0 Å². The van der Waals surface area contributed by atoms with Gasteiger partial charge < -0.3 is 10.6 Å². The van der Waals surface area contributed by atoms with Crippen LogP contribution in [0, 0.1) is 5.82 Å². The van der Waals surface area contributed by atoms with Crippen molar-refractivity contribution >= 4 is 29.1 Å². The summed E-state index contributed by atoms with van der Waals surface area (Å²) in [5.41, 5.74) is 7.35. The van der Waals surface area contributed by atoms with Gasteiger partial charge in [-0.2, -0.15) is 0 Å². The summed E-state index contributed by atoms with van der Waals surface area (Å²) >= 11 is 6.08. The number of halogens is 2. The predicted octanol–water partition coefficient (Wildman–Crippen LogP) is 2.82. The minimum Gasteiger partial charge on any atom is -0.368 e. The van der Waals surface area contributed by atoms with Crippen LogP contribution >= 0.6 is 11.6 Å². The molecule has 2 heterocycles. The van der Waals surface area contributed by atoms with Crippen LogP contribution in [0.3, 0.4) is 0 Å². The van der Waals surface area contributed by atoms with Crippen molar-refractivity contribution in [3.05, 3.63) is 34.7 Å². The van der Waals surface area contributed by atoms with Crippen LogP contribution in [-0.2, 0) is 11.2 Å². The molecule has 0 saturated carbocycles. The summed E-state index contributed by atoms with van der Waals surface area (Å²) in [5, 5.41) is 0.272. The molecule has 0 aliphatic carbocycles. The first-order chi connectivity index (χ1) is 10.4. The van der Waals surface area contributed by atoms with Crippen LogP contribution in [0.15, 0.2) is 18.3 Å². The van der Waals surface area contributed by atoms with E-state index in [4.69, 9.17) is 17.3 Å². The van der Waals surface area contributed by atoms with Crippen LogP contribution in [-0.4, -0.2) is 21.9 Å². The molecule has 1 aromatic heterocycles.